The van der Waals surface area contributed by atoms with Crippen LogP contribution in [0.1, 0.15) is 62.0 Å². The first-order valence-electron chi connectivity index (χ1n) is 12.8. The van der Waals surface area contributed by atoms with Gasteiger partial charge in [-0.15, -0.1) is 0 Å². The Morgan fingerprint density at radius 3 is 1.85 bits per heavy atom. The highest BCUT2D eigenvalue weighted by atomic mass is 16.2. The smallest absolute Gasteiger partial charge is 0.253 e. The molecule has 1 aliphatic rings. The lowest BCUT2D eigenvalue weighted by Crippen LogP contribution is -2.39. The van der Waals surface area contributed by atoms with Crippen molar-refractivity contribution in [1.29, 1.82) is 0 Å². The number of rotatable bonds is 10. The zero-order chi connectivity index (χ0) is 23.9. The molecule has 0 radical (unpaired) electrons. The van der Waals surface area contributed by atoms with E-state index in [-0.39, 0.29) is 5.91 Å². The van der Waals surface area contributed by atoms with Crippen molar-refractivity contribution in [2.45, 2.75) is 47.0 Å². The van der Waals surface area contributed by atoms with Gasteiger partial charge in [0.15, 0.2) is 0 Å². The number of benzene rings is 2. The summed E-state index contributed by atoms with van der Waals surface area (Å²) in [5.41, 5.74) is 4.63. The van der Waals surface area contributed by atoms with Crippen molar-refractivity contribution in [3.05, 3.63) is 65.2 Å². The summed E-state index contributed by atoms with van der Waals surface area (Å²) in [6, 6.07) is 16.9. The number of nitrogens with one attached hydrogen (secondary N) is 2. The van der Waals surface area contributed by atoms with Crippen LogP contribution in [0.5, 0.6) is 0 Å². The molecule has 2 N–H and O–H groups in total. The summed E-state index contributed by atoms with van der Waals surface area (Å²) in [7, 11) is 0. The maximum atomic E-state index is 12.4. The van der Waals surface area contributed by atoms with E-state index in [1.54, 1.807) is 0 Å². The summed E-state index contributed by atoms with van der Waals surface area (Å²) >= 11 is 0. The average molecular weight is 453 g/mol. The van der Waals surface area contributed by atoms with Gasteiger partial charge in [0.05, 0.1) is 0 Å². The van der Waals surface area contributed by atoms with Crippen LogP contribution >= 0.6 is 0 Å². The molecule has 0 aliphatic carbocycles. The Morgan fingerprint density at radius 1 is 0.788 bits per heavy atom. The SMILES string of the molecule is C1CNCCN1.CCCN(CCC)c1cccc(Cc2ccc(C(=O)N(CC)CC)cc2)c1. The van der Waals surface area contributed by atoms with Gasteiger partial charge < -0.3 is 20.4 Å². The average Bonchev–Trinajstić information content (AvgIpc) is 2.87. The van der Waals surface area contributed by atoms with Gasteiger partial charge in [-0.2, -0.15) is 0 Å². The summed E-state index contributed by atoms with van der Waals surface area (Å²) in [6.07, 6.45) is 3.21. The van der Waals surface area contributed by atoms with Gasteiger partial charge in [0.1, 0.15) is 0 Å². The second-order valence-corrected chi connectivity index (χ2v) is 8.51. The van der Waals surface area contributed by atoms with Gasteiger partial charge in [0.25, 0.3) is 5.91 Å². The van der Waals surface area contributed by atoms with Gasteiger partial charge >= 0.3 is 0 Å². The largest absolute Gasteiger partial charge is 0.372 e. The van der Waals surface area contributed by atoms with Crippen LogP contribution in [0.4, 0.5) is 5.69 Å². The minimum atomic E-state index is 0.114. The molecule has 1 fully saturated rings. The summed E-state index contributed by atoms with van der Waals surface area (Å²) in [6.45, 7) is 16.7. The molecule has 0 spiro atoms. The monoisotopic (exact) mass is 452 g/mol. The first-order valence-corrected chi connectivity index (χ1v) is 12.8. The molecule has 2 aromatic carbocycles. The van der Waals surface area contributed by atoms with Crippen molar-refractivity contribution >= 4 is 11.6 Å². The predicted octanol–water partition coefficient (Wildman–Crippen LogP) is 4.57. The fourth-order valence-electron chi connectivity index (χ4n) is 4.07. The van der Waals surface area contributed by atoms with Crippen LogP contribution in [-0.4, -0.2) is 63.2 Å². The van der Waals surface area contributed by atoms with Crippen LogP contribution < -0.4 is 15.5 Å². The molecule has 3 rings (SSSR count). The normalized spacial score (nSPS) is 13.1. The van der Waals surface area contributed by atoms with Crippen LogP contribution in [0.2, 0.25) is 0 Å². The first kappa shape index (κ1) is 26.9. The van der Waals surface area contributed by atoms with Gasteiger partial charge in [0, 0.05) is 63.6 Å². The number of hydrogen-bond donors (Lipinski definition) is 2. The number of piperazine rings is 1. The van der Waals surface area contributed by atoms with Crippen LogP contribution in [-0.2, 0) is 6.42 Å². The molecule has 1 amide bonds. The van der Waals surface area contributed by atoms with Crippen molar-refractivity contribution in [1.82, 2.24) is 15.5 Å². The van der Waals surface area contributed by atoms with E-state index in [4.69, 9.17) is 0 Å². The highest BCUT2D eigenvalue weighted by Crippen LogP contribution is 2.20. The Hall–Kier alpha value is -2.37. The molecule has 0 bridgehead atoms. The van der Waals surface area contributed by atoms with Crippen molar-refractivity contribution in [2.24, 2.45) is 0 Å². The van der Waals surface area contributed by atoms with E-state index >= 15 is 0 Å². The maximum absolute atomic E-state index is 12.4. The number of nitrogens with zero attached hydrogens (tertiary/aromatic N) is 2. The summed E-state index contributed by atoms with van der Waals surface area (Å²) in [4.78, 5) is 16.8. The molecule has 182 valence electrons. The van der Waals surface area contributed by atoms with Gasteiger partial charge in [-0.25, -0.2) is 0 Å². The number of amides is 1. The highest BCUT2D eigenvalue weighted by molar-refractivity contribution is 5.94. The lowest BCUT2D eigenvalue weighted by Gasteiger charge is -2.24. The maximum Gasteiger partial charge on any atom is 0.253 e. The van der Waals surface area contributed by atoms with Crippen molar-refractivity contribution < 1.29 is 4.79 Å². The van der Waals surface area contributed by atoms with Crippen molar-refractivity contribution in [2.75, 3.05) is 57.3 Å². The molecule has 0 atom stereocenters. The fraction of sp³-hybridized carbons (Fsp3) is 0.536. The standard InChI is InChI=1S/C24H34N2O.C4H10N2/c1-5-16-26(17-6-2)23-11-9-10-21(19-23)18-20-12-14-22(15-13-20)24(27)25(7-3)8-4;1-2-6-4-3-5-1/h9-15,19H,5-8,16-18H2,1-4H3;5-6H,1-4H2. The summed E-state index contributed by atoms with van der Waals surface area (Å²) in [5, 5.41) is 6.44. The molecule has 1 heterocycles. The van der Waals surface area contributed by atoms with Crippen LogP contribution in [0.15, 0.2) is 48.5 Å². The molecule has 0 unspecified atom stereocenters. The molecular formula is C28H44N4O. The second kappa shape index (κ2) is 15.5. The summed E-state index contributed by atoms with van der Waals surface area (Å²) in [5.74, 6) is 0.114. The molecule has 5 heteroatoms. The van der Waals surface area contributed by atoms with E-state index < -0.39 is 0 Å². The number of carbonyl (C=O) groups excluding carboxylic acids is 1. The minimum Gasteiger partial charge on any atom is -0.372 e. The van der Waals surface area contributed by atoms with E-state index in [1.165, 1.54) is 16.8 Å². The zero-order valence-corrected chi connectivity index (χ0v) is 21.2. The third-order valence-electron chi connectivity index (χ3n) is 5.88. The zero-order valence-electron chi connectivity index (χ0n) is 21.2. The fourth-order valence-corrected chi connectivity index (χ4v) is 4.07. The Balaban J connectivity index is 0.000000554. The lowest BCUT2D eigenvalue weighted by molar-refractivity contribution is 0.0773. The van der Waals surface area contributed by atoms with Gasteiger partial charge in [-0.1, -0.05) is 38.1 Å². The molecule has 33 heavy (non-hydrogen) atoms. The topological polar surface area (TPSA) is 47.6 Å². The van der Waals surface area contributed by atoms with Crippen molar-refractivity contribution in [3.63, 3.8) is 0 Å². The van der Waals surface area contributed by atoms with E-state index in [0.717, 1.165) is 77.2 Å². The Bertz CT molecular complexity index is 780. The Kier molecular flexibility index (Phi) is 12.6. The van der Waals surface area contributed by atoms with E-state index in [0.29, 0.717) is 0 Å². The summed E-state index contributed by atoms with van der Waals surface area (Å²) < 4.78 is 0. The molecule has 0 aromatic heterocycles. The number of anilines is 1. The molecule has 5 nitrogen and oxygen atoms in total. The molecule has 1 saturated heterocycles. The first-order chi connectivity index (χ1) is 16.1. The lowest BCUT2D eigenvalue weighted by atomic mass is 10.0. The molecular weight excluding hydrogens is 408 g/mol. The second-order valence-electron chi connectivity index (χ2n) is 8.51. The molecule has 2 aromatic rings. The molecule has 0 saturated carbocycles. The minimum absolute atomic E-state index is 0.114. The Labute approximate surface area is 201 Å². The van der Waals surface area contributed by atoms with E-state index in [2.05, 4.69) is 65.8 Å². The van der Waals surface area contributed by atoms with Crippen LogP contribution in [0, 0.1) is 0 Å². The number of hydrogen-bond acceptors (Lipinski definition) is 4. The van der Waals surface area contributed by atoms with E-state index in [9.17, 15) is 4.79 Å². The molecule has 1 aliphatic heterocycles. The van der Waals surface area contributed by atoms with E-state index in [1.807, 2.05) is 30.9 Å². The highest BCUT2D eigenvalue weighted by Gasteiger charge is 2.12. The third kappa shape index (κ3) is 9.18. The van der Waals surface area contributed by atoms with Crippen LogP contribution in [0.3, 0.4) is 0 Å². The Morgan fingerprint density at radius 2 is 1.36 bits per heavy atom. The van der Waals surface area contributed by atoms with Gasteiger partial charge in [-0.05, 0) is 68.5 Å². The van der Waals surface area contributed by atoms with Gasteiger partial charge in [-0.3, -0.25) is 4.79 Å². The quantitative estimate of drug-likeness (QED) is 0.555. The third-order valence-corrected chi connectivity index (χ3v) is 5.88. The number of carbonyl (C=O) groups is 1. The predicted molar refractivity (Wildman–Crippen MR) is 141 cm³/mol. The van der Waals surface area contributed by atoms with Crippen LogP contribution in [0.25, 0.3) is 0 Å². The van der Waals surface area contributed by atoms with Gasteiger partial charge in [0.2, 0.25) is 0 Å². The van der Waals surface area contributed by atoms with Crippen molar-refractivity contribution in [3.8, 4) is 0 Å².